The molecule has 1 unspecified atom stereocenters. The molecule has 0 aromatic heterocycles. The fraction of sp³-hybridized carbons (Fsp3) is 0.200. The number of hydrogen-bond acceptors (Lipinski definition) is 2. The summed E-state index contributed by atoms with van der Waals surface area (Å²) in [5.41, 5.74) is 2.17. The van der Waals surface area contributed by atoms with Crippen molar-refractivity contribution < 1.29 is 4.74 Å². The van der Waals surface area contributed by atoms with Crippen molar-refractivity contribution in [3.05, 3.63) is 63.1 Å². The van der Waals surface area contributed by atoms with Gasteiger partial charge >= 0.3 is 0 Å². The molecule has 0 radical (unpaired) electrons. The van der Waals surface area contributed by atoms with Crippen LogP contribution in [-0.4, -0.2) is 14.2 Å². The summed E-state index contributed by atoms with van der Waals surface area (Å²) in [7, 11) is 3.58. The number of nitrogens with one attached hydrogen (secondary N) is 1. The molecule has 0 aliphatic carbocycles. The zero-order valence-corrected chi connectivity index (χ0v) is 13.1. The van der Waals surface area contributed by atoms with Crippen LogP contribution in [0.4, 0.5) is 0 Å². The summed E-state index contributed by atoms with van der Waals surface area (Å²) in [5.74, 6) is 0.799. The van der Waals surface area contributed by atoms with Gasteiger partial charge in [-0.05, 0) is 40.7 Å². The number of hydrogen-bond donors (Lipinski definition) is 1. The molecule has 0 bridgehead atoms. The molecule has 0 aliphatic rings. The van der Waals surface area contributed by atoms with E-state index in [1.165, 1.54) is 0 Å². The third-order valence-electron chi connectivity index (χ3n) is 2.97. The Morgan fingerprint density at radius 2 is 1.89 bits per heavy atom. The van der Waals surface area contributed by atoms with E-state index in [9.17, 15) is 0 Å². The normalized spacial score (nSPS) is 12.2. The number of methoxy groups -OCH3 is 1. The molecule has 4 heteroatoms. The first-order valence-electron chi connectivity index (χ1n) is 5.92. The molecule has 0 fully saturated rings. The minimum absolute atomic E-state index is 0.0335. The fourth-order valence-electron chi connectivity index (χ4n) is 2.16. The van der Waals surface area contributed by atoms with Crippen molar-refractivity contribution in [1.29, 1.82) is 0 Å². The average molecular weight is 341 g/mol. The lowest BCUT2D eigenvalue weighted by Crippen LogP contribution is -2.18. The monoisotopic (exact) mass is 339 g/mol. The maximum absolute atomic E-state index is 6.15. The van der Waals surface area contributed by atoms with Gasteiger partial charge in [-0.2, -0.15) is 0 Å². The largest absolute Gasteiger partial charge is 0.495 e. The highest BCUT2D eigenvalue weighted by molar-refractivity contribution is 9.10. The van der Waals surface area contributed by atoms with Gasteiger partial charge in [-0.15, -0.1) is 0 Å². The number of halogens is 2. The van der Waals surface area contributed by atoms with Crippen molar-refractivity contribution in [3.63, 3.8) is 0 Å². The molecule has 1 atom stereocenters. The van der Waals surface area contributed by atoms with Gasteiger partial charge < -0.3 is 10.1 Å². The molecule has 2 aromatic carbocycles. The van der Waals surface area contributed by atoms with Crippen molar-refractivity contribution in [2.24, 2.45) is 0 Å². The Morgan fingerprint density at radius 3 is 2.47 bits per heavy atom. The van der Waals surface area contributed by atoms with Crippen molar-refractivity contribution in [2.75, 3.05) is 14.2 Å². The molecule has 0 saturated carbocycles. The first-order chi connectivity index (χ1) is 9.17. The highest BCUT2D eigenvalue weighted by atomic mass is 79.9. The molecular formula is C15H15BrClNO. The van der Waals surface area contributed by atoms with Gasteiger partial charge in [-0.1, -0.05) is 41.9 Å². The van der Waals surface area contributed by atoms with E-state index in [-0.39, 0.29) is 6.04 Å². The van der Waals surface area contributed by atoms with E-state index >= 15 is 0 Å². The summed E-state index contributed by atoms with van der Waals surface area (Å²) in [4.78, 5) is 0. The van der Waals surface area contributed by atoms with Crippen molar-refractivity contribution in [2.45, 2.75) is 6.04 Å². The van der Waals surface area contributed by atoms with Crippen LogP contribution in [0.25, 0.3) is 0 Å². The van der Waals surface area contributed by atoms with Gasteiger partial charge in [0.2, 0.25) is 0 Å². The quantitative estimate of drug-likeness (QED) is 0.889. The first kappa shape index (κ1) is 14.4. The van der Waals surface area contributed by atoms with Crippen LogP contribution in [0.5, 0.6) is 5.75 Å². The second kappa shape index (κ2) is 6.42. The van der Waals surface area contributed by atoms with Crippen molar-refractivity contribution in [3.8, 4) is 5.75 Å². The van der Waals surface area contributed by atoms with Crippen LogP contribution in [0.1, 0.15) is 17.2 Å². The Bertz CT molecular complexity index is 560. The lowest BCUT2D eigenvalue weighted by molar-refractivity contribution is 0.403. The molecule has 2 nitrogen and oxygen atoms in total. The topological polar surface area (TPSA) is 21.3 Å². The lowest BCUT2D eigenvalue weighted by Gasteiger charge is -2.21. The number of ether oxygens (including phenoxy) is 1. The molecule has 19 heavy (non-hydrogen) atoms. The van der Waals surface area contributed by atoms with Crippen LogP contribution >= 0.6 is 27.5 Å². The highest BCUT2D eigenvalue weighted by Gasteiger charge is 2.19. The van der Waals surface area contributed by atoms with Gasteiger partial charge in [0.25, 0.3) is 0 Å². The minimum atomic E-state index is 0.0335. The second-order valence-electron chi connectivity index (χ2n) is 4.14. The maximum atomic E-state index is 6.15. The SMILES string of the molecule is CNC(c1ccccc1)c1cc(Cl)cc(Br)c1OC. The fourth-order valence-corrected chi connectivity index (χ4v) is 3.15. The van der Waals surface area contributed by atoms with E-state index in [0.29, 0.717) is 5.02 Å². The maximum Gasteiger partial charge on any atom is 0.138 e. The molecule has 2 aromatic rings. The van der Waals surface area contributed by atoms with E-state index in [2.05, 4.69) is 33.4 Å². The van der Waals surface area contributed by atoms with E-state index in [1.54, 1.807) is 7.11 Å². The Hall–Kier alpha value is -1.03. The summed E-state index contributed by atoms with van der Waals surface area (Å²) in [6, 6.07) is 14.0. The zero-order valence-electron chi connectivity index (χ0n) is 10.8. The molecule has 0 spiro atoms. The van der Waals surface area contributed by atoms with E-state index < -0.39 is 0 Å². The molecule has 0 aliphatic heterocycles. The van der Waals surface area contributed by atoms with Gasteiger partial charge in [-0.25, -0.2) is 0 Å². The average Bonchev–Trinajstić information content (AvgIpc) is 2.40. The first-order valence-corrected chi connectivity index (χ1v) is 7.09. The molecule has 0 heterocycles. The second-order valence-corrected chi connectivity index (χ2v) is 5.43. The standard InChI is InChI=1S/C15H15BrClNO/c1-18-14(10-6-4-3-5-7-10)12-8-11(17)9-13(16)15(12)19-2/h3-9,14,18H,1-2H3. The number of benzene rings is 2. The van der Waals surface area contributed by atoms with Crippen molar-refractivity contribution in [1.82, 2.24) is 5.32 Å². The molecular weight excluding hydrogens is 326 g/mol. The van der Waals surface area contributed by atoms with Crippen LogP contribution in [-0.2, 0) is 0 Å². The summed E-state index contributed by atoms with van der Waals surface area (Å²) in [6.45, 7) is 0. The van der Waals surface area contributed by atoms with E-state index in [4.69, 9.17) is 16.3 Å². The van der Waals surface area contributed by atoms with E-state index in [1.807, 2.05) is 37.4 Å². The Labute approximate surface area is 126 Å². The summed E-state index contributed by atoms with van der Waals surface area (Å²) in [5, 5.41) is 3.98. The summed E-state index contributed by atoms with van der Waals surface area (Å²) >= 11 is 9.65. The molecule has 0 saturated heterocycles. The Morgan fingerprint density at radius 1 is 1.21 bits per heavy atom. The van der Waals surface area contributed by atoms with E-state index in [0.717, 1.165) is 21.3 Å². The third-order valence-corrected chi connectivity index (χ3v) is 3.78. The van der Waals surface area contributed by atoms with Crippen molar-refractivity contribution >= 4 is 27.5 Å². The smallest absolute Gasteiger partial charge is 0.138 e. The van der Waals surface area contributed by atoms with Crippen LogP contribution in [0.15, 0.2) is 46.9 Å². The van der Waals surface area contributed by atoms with Gasteiger partial charge in [0.15, 0.2) is 0 Å². The van der Waals surface area contributed by atoms with Crippen LogP contribution < -0.4 is 10.1 Å². The summed E-state index contributed by atoms with van der Waals surface area (Å²) < 4.78 is 6.35. The van der Waals surface area contributed by atoms with Crippen LogP contribution in [0.3, 0.4) is 0 Å². The minimum Gasteiger partial charge on any atom is -0.495 e. The van der Waals surface area contributed by atoms with Crippen LogP contribution in [0.2, 0.25) is 5.02 Å². The van der Waals surface area contributed by atoms with Gasteiger partial charge in [0.1, 0.15) is 5.75 Å². The highest BCUT2D eigenvalue weighted by Crippen LogP contribution is 2.38. The predicted molar refractivity (Wildman–Crippen MR) is 83.0 cm³/mol. The molecule has 100 valence electrons. The Kier molecular flexibility index (Phi) is 4.86. The van der Waals surface area contributed by atoms with Gasteiger partial charge in [-0.3, -0.25) is 0 Å². The molecule has 0 amide bonds. The Balaban J connectivity index is 2.55. The van der Waals surface area contributed by atoms with Gasteiger partial charge in [0.05, 0.1) is 17.6 Å². The summed E-state index contributed by atoms with van der Waals surface area (Å²) in [6.07, 6.45) is 0. The zero-order chi connectivity index (χ0) is 13.8. The predicted octanol–water partition coefficient (Wildman–Crippen LogP) is 4.42. The molecule has 2 rings (SSSR count). The van der Waals surface area contributed by atoms with Crippen LogP contribution in [0, 0.1) is 0 Å². The molecule has 1 N–H and O–H groups in total. The lowest BCUT2D eigenvalue weighted by atomic mass is 9.98. The number of rotatable bonds is 4. The van der Waals surface area contributed by atoms with Gasteiger partial charge in [0, 0.05) is 10.6 Å². The third kappa shape index (κ3) is 3.11.